The number of hydrogen-bond acceptors (Lipinski definition) is 4. The highest BCUT2D eigenvalue weighted by Gasteiger charge is 2.15. The van der Waals surface area contributed by atoms with Gasteiger partial charge in [-0.3, -0.25) is 9.52 Å². The van der Waals surface area contributed by atoms with Crippen molar-refractivity contribution in [3.8, 4) is 0 Å². The average molecular weight is 358 g/mol. The monoisotopic (exact) mass is 358 g/mol. The van der Waals surface area contributed by atoms with Crippen LogP contribution in [0.2, 0.25) is 0 Å². The Kier molecular flexibility index (Phi) is 4.45. The average Bonchev–Trinajstić information content (AvgIpc) is 2.97. The lowest BCUT2D eigenvalue weighted by Crippen LogP contribution is -2.27. The third-order valence-corrected chi connectivity index (χ3v) is 4.20. The van der Waals surface area contributed by atoms with Gasteiger partial charge in [-0.25, -0.2) is 13.4 Å². The first-order chi connectivity index (χ1) is 11.8. The quantitative estimate of drug-likeness (QED) is 0.651. The highest BCUT2D eigenvalue weighted by molar-refractivity contribution is 7.92. The van der Waals surface area contributed by atoms with Crippen LogP contribution in [0.3, 0.4) is 0 Å². The molecule has 0 aliphatic heterocycles. The number of para-hydroxylation sites is 2. The fourth-order valence-electron chi connectivity index (χ4n) is 2.46. The van der Waals surface area contributed by atoms with Crippen molar-refractivity contribution in [3.05, 3.63) is 59.9 Å². The molecular weight excluding hydrogens is 340 g/mol. The number of amides is 1. The largest absolute Gasteiger partial charge is 0.342 e. The van der Waals surface area contributed by atoms with Crippen molar-refractivity contribution in [2.45, 2.75) is 13.0 Å². The number of fused-ring (bicyclic) bond motifs is 1. The first-order valence-electron chi connectivity index (χ1n) is 7.65. The van der Waals surface area contributed by atoms with Crippen LogP contribution in [-0.4, -0.2) is 30.5 Å². The third-order valence-electron chi connectivity index (χ3n) is 3.59. The fourth-order valence-corrected chi connectivity index (χ4v) is 3.02. The zero-order valence-corrected chi connectivity index (χ0v) is 14.6. The molecule has 0 spiro atoms. The highest BCUT2D eigenvalue weighted by atomic mass is 32.2. The molecular formula is C17H18N4O3S. The van der Waals surface area contributed by atoms with E-state index in [-0.39, 0.29) is 11.9 Å². The Labute approximate surface area is 145 Å². The summed E-state index contributed by atoms with van der Waals surface area (Å²) in [6, 6.07) is 13.6. The van der Waals surface area contributed by atoms with Crippen LogP contribution in [0.25, 0.3) is 11.0 Å². The molecule has 1 atom stereocenters. The molecule has 25 heavy (non-hydrogen) atoms. The summed E-state index contributed by atoms with van der Waals surface area (Å²) in [7, 11) is -3.40. The van der Waals surface area contributed by atoms with E-state index in [2.05, 4.69) is 20.0 Å². The lowest BCUT2D eigenvalue weighted by molar-refractivity contribution is 0.0938. The van der Waals surface area contributed by atoms with Crippen molar-refractivity contribution in [2.75, 3.05) is 11.0 Å². The maximum absolute atomic E-state index is 12.4. The standard InChI is InChI=1S/C17H18N4O3S/c1-11(16-19-14-8-3-4-9-15(14)20-16)18-17(22)12-6-5-7-13(10-12)21-25(2,23)24/h3-11,21H,1-2H3,(H,18,22)(H,19,20)/t11-/m0/s1. The number of H-pyrrole nitrogens is 1. The fraction of sp³-hybridized carbons (Fsp3) is 0.176. The maximum atomic E-state index is 12.4. The van der Waals surface area contributed by atoms with E-state index in [0.29, 0.717) is 17.1 Å². The molecule has 0 radical (unpaired) electrons. The van der Waals surface area contributed by atoms with Crippen molar-refractivity contribution in [1.82, 2.24) is 15.3 Å². The second kappa shape index (κ2) is 6.56. The lowest BCUT2D eigenvalue weighted by Gasteiger charge is -2.12. The number of sulfonamides is 1. The molecule has 0 fully saturated rings. The van der Waals surface area contributed by atoms with Gasteiger partial charge in [0.2, 0.25) is 10.0 Å². The molecule has 0 aliphatic rings. The molecule has 0 saturated carbocycles. The minimum atomic E-state index is -3.40. The predicted molar refractivity (Wildman–Crippen MR) is 96.9 cm³/mol. The van der Waals surface area contributed by atoms with Crippen molar-refractivity contribution < 1.29 is 13.2 Å². The number of carbonyl (C=O) groups excluding carboxylic acids is 1. The maximum Gasteiger partial charge on any atom is 0.251 e. The molecule has 2 aromatic carbocycles. The van der Waals surface area contributed by atoms with Crippen molar-refractivity contribution in [1.29, 1.82) is 0 Å². The van der Waals surface area contributed by atoms with Crippen LogP contribution >= 0.6 is 0 Å². The van der Waals surface area contributed by atoms with E-state index in [1.54, 1.807) is 18.2 Å². The van der Waals surface area contributed by atoms with Gasteiger partial charge in [0.15, 0.2) is 0 Å². The van der Waals surface area contributed by atoms with Crippen molar-refractivity contribution >= 4 is 32.7 Å². The Bertz CT molecular complexity index is 994. The highest BCUT2D eigenvalue weighted by Crippen LogP contribution is 2.17. The van der Waals surface area contributed by atoms with E-state index in [1.807, 2.05) is 31.2 Å². The van der Waals surface area contributed by atoms with E-state index >= 15 is 0 Å². The molecule has 3 aromatic rings. The molecule has 0 unspecified atom stereocenters. The van der Waals surface area contributed by atoms with Gasteiger partial charge in [0, 0.05) is 11.3 Å². The van der Waals surface area contributed by atoms with E-state index in [0.717, 1.165) is 17.3 Å². The smallest absolute Gasteiger partial charge is 0.251 e. The first-order valence-corrected chi connectivity index (χ1v) is 9.54. The number of nitrogens with one attached hydrogen (secondary N) is 3. The van der Waals surface area contributed by atoms with Gasteiger partial charge in [-0.2, -0.15) is 0 Å². The molecule has 0 aliphatic carbocycles. The van der Waals surface area contributed by atoms with Gasteiger partial charge in [-0.1, -0.05) is 18.2 Å². The predicted octanol–water partition coefficient (Wildman–Crippen LogP) is 2.43. The van der Waals surface area contributed by atoms with Crippen LogP contribution in [-0.2, 0) is 10.0 Å². The summed E-state index contributed by atoms with van der Waals surface area (Å²) in [5.41, 5.74) is 2.43. The molecule has 1 amide bonds. The van der Waals surface area contributed by atoms with E-state index in [1.165, 1.54) is 6.07 Å². The Morgan fingerprint density at radius 2 is 1.92 bits per heavy atom. The van der Waals surface area contributed by atoms with Gasteiger partial charge >= 0.3 is 0 Å². The number of carbonyl (C=O) groups is 1. The Balaban J connectivity index is 1.76. The first kappa shape index (κ1) is 17.0. The summed E-state index contributed by atoms with van der Waals surface area (Å²) in [6.07, 6.45) is 1.06. The summed E-state index contributed by atoms with van der Waals surface area (Å²) in [4.78, 5) is 20.1. The van der Waals surface area contributed by atoms with Crippen molar-refractivity contribution in [2.24, 2.45) is 0 Å². The number of aromatic nitrogens is 2. The van der Waals surface area contributed by atoms with E-state index < -0.39 is 10.0 Å². The topological polar surface area (TPSA) is 104 Å². The minimum Gasteiger partial charge on any atom is -0.342 e. The Morgan fingerprint density at radius 3 is 2.64 bits per heavy atom. The molecule has 3 N–H and O–H groups in total. The van der Waals surface area contributed by atoms with Crippen LogP contribution in [0.4, 0.5) is 5.69 Å². The lowest BCUT2D eigenvalue weighted by atomic mass is 10.2. The third kappa shape index (κ3) is 4.16. The van der Waals surface area contributed by atoms with E-state index in [9.17, 15) is 13.2 Å². The van der Waals surface area contributed by atoms with Gasteiger partial charge in [-0.15, -0.1) is 0 Å². The zero-order chi connectivity index (χ0) is 18.0. The molecule has 7 nitrogen and oxygen atoms in total. The molecule has 8 heteroatoms. The number of imidazole rings is 1. The van der Waals surface area contributed by atoms with Crippen LogP contribution < -0.4 is 10.0 Å². The van der Waals surface area contributed by atoms with Crippen LogP contribution in [0.1, 0.15) is 29.1 Å². The second-order valence-corrected chi connectivity index (χ2v) is 7.54. The molecule has 0 saturated heterocycles. The van der Waals surface area contributed by atoms with Gasteiger partial charge in [0.1, 0.15) is 5.82 Å². The Morgan fingerprint density at radius 1 is 1.16 bits per heavy atom. The molecule has 0 bridgehead atoms. The van der Waals surface area contributed by atoms with Crippen LogP contribution in [0.15, 0.2) is 48.5 Å². The summed E-state index contributed by atoms with van der Waals surface area (Å²) in [6.45, 7) is 1.83. The number of nitrogens with zero attached hydrogens (tertiary/aromatic N) is 1. The zero-order valence-electron chi connectivity index (χ0n) is 13.8. The van der Waals surface area contributed by atoms with Gasteiger partial charge < -0.3 is 10.3 Å². The van der Waals surface area contributed by atoms with Gasteiger partial charge in [0.25, 0.3) is 5.91 Å². The molecule has 1 heterocycles. The normalized spacial score (nSPS) is 12.7. The van der Waals surface area contributed by atoms with Gasteiger partial charge in [-0.05, 0) is 37.3 Å². The van der Waals surface area contributed by atoms with E-state index in [4.69, 9.17) is 0 Å². The van der Waals surface area contributed by atoms with Crippen LogP contribution in [0.5, 0.6) is 0 Å². The minimum absolute atomic E-state index is 0.315. The number of rotatable bonds is 5. The number of hydrogen-bond donors (Lipinski definition) is 3. The number of anilines is 1. The van der Waals surface area contributed by atoms with Gasteiger partial charge in [0.05, 0.1) is 23.3 Å². The Hall–Kier alpha value is -2.87. The number of aromatic amines is 1. The molecule has 130 valence electrons. The number of benzene rings is 2. The van der Waals surface area contributed by atoms with Crippen molar-refractivity contribution in [3.63, 3.8) is 0 Å². The summed E-state index contributed by atoms with van der Waals surface area (Å²) >= 11 is 0. The molecule has 3 rings (SSSR count). The summed E-state index contributed by atoms with van der Waals surface area (Å²) < 4.78 is 25.0. The summed E-state index contributed by atoms with van der Waals surface area (Å²) in [5, 5.41) is 2.85. The SMILES string of the molecule is C[C@H](NC(=O)c1cccc(NS(C)(=O)=O)c1)c1nc2ccccc2[nH]1. The summed E-state index contributed by atoms with van der Waals surface area (Å²) in [5.74, 6) is 0.338. The molecule has 1 aromatic heterocycles. The van der Waals surface area contributed by atoms with Crippen LogP contribution in [0, 0.1) is 0 Å². The second-order valence-electron chi connectivity index (χ2n) is 5.79.